The first-order valence-corrected chi connectivity index (χ1v) is 7.32. The summed E-state index contributed by atoms with van der Waals surface area (Å²) >= 11 is 0. The maximum atomic E-state index is 11.9. The van der Waals surface area contributed by atoms with Crippen molar-refractivity contribution >= 4 is 23.2 Å². The third-order valence-electron chi connectivity index (χ3n) is 3.27. The van der Waals surface area contributed by atoms with Gasteiger partial charge in [0.05, 0.1) is 0 Å². The van der Waals surface area contributed by atoms with Crippen LogP contribution in [0.1, 0.15) is 24.5 Å². The minimum Gasteiger partial charge on any atom is -0.326 e. The van der Waals surface area contributed by atoms with Crippen LogP contribution in [0.2, 0.25) is 0 Å². The van der Waals surface area contributed by atoms with Crippen LogP contribution in [0.25, 0.3) is 0 Å². The Morgan fingerprint density at radius 3 is 2.14 bits per heavy atom. The number of nitrogens with one attached hydrogen (secondary N) is 2. The van der Waals surface area contributed by atoms with Crippen LogP contribution >= 0.6 is 0 Å². The second-order valence-corrected chi connectivity index (χ2v) is 5.19. The number of rotatable bonds is 5. The van der Waals surface area contributed by atoms with Crippen molar-refractivity contribution in [3.8, 4) is 0 Å². The zero-order valence-electron chi connectivity index (χ0n) is 12.8. The van der Waals surface area contributed by atoms with Gasteiger partial charge in [0.2, 0.25) is 11.8 Å². The molecular formula is C18H20N2O2. The number of anilines is 2. The minimum absolute atomic E-state index is 0.205. The molecule has 0 bridgehead atoms. The van der Waals surface area contributed by atoms with Gasteiger partial charge in [-0.15, -0.1) is 0 Å². The zero-order chi connectivity index (χ0) is 15.9. The van der Waals surface area contributed by atoms with Crippen LogP contribution in [-0.2, 0) is 16.0 Å². The highest BCUT2D eigenvalue weighted by molar-refractivity contribution is 6.08. The number of amides is 2. The van der Waals surface area contributed by atoms with Crippen LogP contribution in [0, 0.1) is 6.92 Å². The number of hydrogen-bond acceptors (Lipinski definition) is 2. The Balaban J connectivity index is 1.86. The molecule has 0 saturated carbocycles. The first kappa shape index (κ1) is 15.8. The van der Waals surface area contributed by atoms with Gasteiger partial charge in [-0.2, -0.15) is 0 Å². The van der Waals surface area contributed by atoms with Gasteiger partial charge in [0, 0.05) is 11.4 Å². The van der Waals surface area contributed by atoms with E-state index in [2.05, 4.69) is 17.6 Å². The normalized spacial score (nSPS) is 10.1. The number of aryl methyl sites for hydroxylation is 2. The molecule has 0 radical (unpaired) electrons. The number of carbonyl (C=O) groups is 2. The molecule has 0 fully saturated rings. The van der Waals surface area contributed by atoms with Crippen LogP contribution in [0.15, 0.2) is 48.5 Å². The molecule has 4 heteroatoms. The fraction of sp³-hybridized carbons (Fsp3) is 0.222. The van der Waals surface area contributed by atoms with E-state index in [1.165, 1.54) is 5.56 Å². The molecule has 22 heavy (non-hydrogen) atoms. The summed E-state index contributed by atoms with van der Waals surface area (Å²) in [5, 5.41) is 5.44. The summed E-state index contributed by atoms with van der Waals surface area (Å²) in [4.78, 5) is 23.7. The molecule has 0 aliphatic carbocycles. The lowest BCUT2D eigenvalue weighted by Crippen LogP contribution is -2.21. The Morgan fingerprint density at radius 2 is 1.55 bits per heavy atom. The van der Waals surface area contributed by atoms with Crippen LogP contribution in [0.5, 0.6) is 0 Å². The molecule has 2 N–H and O–H groups in total. The minimum atomic E-state index is -0.326. The Hall–Kier alpha value is -2.62. The molecular weight excluding hydrogens is 276 g/mol. The number of carbonyl (C=O) groups excluding carboxylic acids is 2. The molecule has 0 heterocycles. The average molecular weight is 296 g/mol. The molecule has 0 aliphatic heterocycles. The molecule has 0 atom stereocenters. The Bertz CT molecular complexity index is 663. The Labute approximate surface area is 130 Å². The maximum absolute atomic E-state index is 11.9. The van der Waals surface area contributed by atoms with E-state index in [1.54, 1.807) is 6.07 Å². The lowest BCUT2D eigenvalue weighted by molar-refractivity contribution is -0.123. The third kappa shape index (κ3) is 4.74. The quantitative estimate of drug-likeness (QED) is 0.829. The van der Waals surface area contributed by atoms with Crippen molar-refractivity contribution in [2.75, 3.05) is 10.6 Å². The predicted molar refractivity (Wildman–Crippen MR) is 88.9 cm³/mol. The van der Waals surface area contributed by atoms with Crippen molar-refractivity contribution in [2.45, 2.75) is 26.7 Å². The smallest absolute Gasteiger partial charge is 0.233 e. The van der Waals surface area contributed by atoms with Gasteiger partial charge < -0.3 is 10.6 Å². The monoisotopic (exact) mass is 296 g/mol. The molecule has 2 amide bonds. The summed E-state index contributed by atoms with van der Waals surface area (Å²) in [7, 11) is 0. The molecule has 0 aromatic heterocycles. The van der Waals surface area contributed by atoms with E-state index < -0.39 is 0 Å². The fourth-order valence-electron chi connectivity index (χ4n) is 2.10. The predicted octanol–water partition coefficient (Wildman–Crippen LogP) is 3.52. The van der Waals surface area contributed by atoms with Crippen molar-refractivity contribution < 1.29 is 9.59 Å². The third-order valence-corrected chi connectivity index (χ3v) is 3.27. The zero-order valence-corrected chi connectivity index (χ0v) is 12.8. The molecule has 2 rings (SSSR count). The summed E-state index contributed by atoms with van der Waals surface area (Å²) in [6, 6.07) is 15.1. The van der Waals surface area contributed by atoms with Crippen LogP contribution in [0.4, 0.5) is 11.4 Å². The Kier molecular flexibility index (Phi) is 5.31. The van der Waals surface area contributed by atoms with E-state index in [-0.39, 0.29) is 18.2 Å². The average Bonchev–Trinajstić information content (AvgIpc) is 2.47. The van der Waals surface area contributed by atoms with E-state index >= 15 is 0 Å². The standard InChI is InChI=1S/C18H20N2O2/c1-3-14-7-9-15(10-8-14)19-17(21)12-18(22)20-16-6-4-5-13(2)11-16/h4-11H,3,12H2,1-2H3,(H,19,21)(H,20,22). The molecule has 4 nitrogen and oxygen atoms in total. The van der Waals surface area contributed by atoms with Gasteiger partial charge in [-0.05, 0) is 48.7 Å². The molecule has 0 unspecified atom stereocenters. The number of benzene rings is 2. The lowest BCUT2D eigenvalue weighted by atomic mass is 10.1. The van der Waals surface area contributed by atoms with Crippen molar-refractivity contribution in [3.05, 3.63) is 59.7 Å². The summed E-state index contributed by atoms with van der Waals surface area (Å²) in [5.74, 6) is -0.650. The van der Waals surface area contributed by atoms with Gasteiger partial charge >= 0.3 is 0 Å². The van der Waals surface area contributed by atoms with Gasteiger partial charge in [0.1, 0.15) is 6.42 Å². The molecule has 0 spiro atoms. The Morgan fingerprint density at radius 1 is 0.909 bits per heavy atom. The highest BCUT2D eigenvalue weighted by Gasteiger charge is 2.10. The van der Waals surface area contributed by atoms with E-state index in [9.17, 15) is 9.59 Å². The first-order chi connectivity index (χ1) is 10.6. The van der Waals surface area contributed by atoms with E-state index in [0.717, 1.165) is 12.0 Å². The summed E-state index contributed by atoms with van der Waals surface area (Å²) < 4.78 is 0. The van der Waals surface area contributed by atoms with Gasteiger partial charge in [0.25, 0.3) is 0 Å². The summed E-state index contributed by atoms with van der Waals surface area (Å²) in [6.07, 6.45) is 0.747. The van der Waals surface area contributed by atoms with Crippen LogP contribution < -0.4 is 10.6 Å². The molecule has 2 aromatic carbocycles. The van der Waals surface area contributed by atoms with E-state index in [4.69, 9.17) is 0 Å². The van der Waals surface area contributed by atoms with Crippen molar-refractivity contribution in [3.63, 3.8) is 0 Å². The van der Waals surface area contributed by atoms with Gasteiger partial charge in [-0.25, -0.2) is 0 Å². The summed E-state index contributed by atoms with van der Waals surface area (Å²) in [6.45, 7) is 4.02. The van der Waals surface area contributed by atoms with Gasteiger partial charge in [-0.1, -0.05) is 31.2 Å². The second-order valence-electron chi connectivity index (χ2n) is 5.19. The topological polar surface area (TPSA) is 58.2 Å². The largest absolute Gasteiger partial charge is 0.326 e. The second kappa shape index (κ2) is 7.41. The van der Waals surface area contributed by atoms with Crippen molar-refractivity contribution in [1.82, 2.24) is 0 Å². The van der Waals surface area contributed by atoms with E-state index in [1.807, 2.05) is 49.4 Å². The maximum Gasteiger partial charge on any atom is 0.233 e. The fourth-order valence-corrected chi connectivity index (χ4v) is 2.10. The van der Waals surface area contributed by atoms with Crippen LogP contribution in [-0.4, -0.2) is 11.8 Å². The highest BCUT2D eigenvalue weighted by atomic mass is 16.2. The lowest BCUT2D eigenvalue weighted by Gasteiger charge is -2.07. The summed E-state index contributed by atoms with van der Waals surface area (Å²) in [5.41, 5.74) is 3.66. The molecule has 114 valence electrons. The van der Waals surface area contributed by atoms with E-state index in [0.29, 0.717) is 11.4 Å². The first-order valence-electron chi connectivity index (χ1n) is 7.32. The number of hydrogen-bond donors (Lipinski definition) is 2. The van der Waals surface area contributed by atoms with Crippen molar-refractivity contribution in [1.29, 1.82) is 0 Å². The molecule has 0 aliphatic rings. The van der Waals surface area contributed by atoms with Crippen molar-refractivity contribution in [2.24, 2.45) is 0 Å². The SMILES string of the molecule is CCc1ccc(NC(=O)CC(=O)Nc2cccc(C)c2)cc1. The molecule has 0 saturated heterocycles. The van der Waals surface area contributed by atoms with Crippen LogP contribution in [0.3, 0.4) is 0 Å². The van der Waals surface area contributed by atoms with Gasteiger partial charge in [0.15, 0.2) is 0 Å². The van der Waals surface area contributed by atoms with Gasteiger partial charge in [-0.3, -0.25) is 9.59 Å². The highest BCUT2D eigenvalue weighted by Crippen LogP contribution is 2.12. The molecule has 2 aromatic rings.